The minimum Gasteiger partial charge on any atom is -0.445 e. The van der Waals surface area contributed by atoms with Gasteiger partial charge in [-0.15, -0.1) is 11.8 Å². The predicted octanol–water partition coefficient (Wildman–Crippen LogP) is 4.91. The number of carbonyl (C=O) groups excluding carboxylic acids is 1. The molecule has 3 rings (SSSR count). The summed E-state index contributed by atoms with van der Waals surface area (Å²) in [6.45, 7) is 9.59. The van der Waals surface area contributed by atoms with E-state index < -0.39 is 18.1 Å². The van der Waals surface area contributed by atoms with E-state index in [1.807, 2.05) is 51.1 Å². The normalized spacial score (nSPS) is 13.8. The minimum atomic E-state index is -1.32. The Morgan fingerprint density at radius 1 is 1.21 bits per heavy atom. The lowest BCUT2D eigenvalue weighted by molar-refractivity contribution is -0.186. The van der Waals surface area contributed by atoms with Crippen LogP contribution in [0.2, 0.25) is 0 Å². The molecule has 0 aliphatic rings. The van der Waals surface area contributed by atoms with Crippen molar-refractivity contribution in [2.45, 2.75) is 68.6 Å². The molecule has 178 valence electrons. The van der Waals surface area contributed by atoms with Crippen LogP contribution >= 0.6 is 23.1 Å². The quantitative estimate of drug-likeness (QED) is 0.272. The molecular formula is C23H30N4O4S2. The number of aliphatic hydroxyl groups excluding tert-OH is 1. The lowest BCUT2D eigenvalue weighted by atomic mass is 10.1. The van der Waals surface area contributed by atoms with Gasteiger partial charge in [0.2, 0.25) is 18.2 Å². The zero-order chi connectivity index (χ0) is 24.0. The molecule has 33 heavy (non-hydrogen) atoms. The van der Waals surface area contributed by atoms with Crippen molar-refractivity contribution in [1.82, 2.24) is 15.3 Å². The van der Waals surface area contributed by atoms with Gasteiger partial charge in [-0.1, -0.05) is 55.5 Å². The molecule has 1 amide bonds. The number of aliphatic hydroxyl groups is 1. The van der Waals surface area contributed by atoms with Gasteiger partial charge >= 0.3 is 0 Å². The first kappa shape index (κ1) is 25.4. The number of nitrogens with one attached hydrogen (secondary N) is 2. The van der Waals surface area contributed by atoms with Gasteiger partial charge in [0, 0.05) is 5.92 Å². The Bertz CT molecular complexity index is 1030. The number of amides is 1. The van der Waals surface area contributed by atoms with Gasteiger partial charge in [-0.05, 0) is 26.3 Å². The van der Waals surface area contributed by atoms with Gasteiger partial charge in [0.25, 0.3) is 0 Å². The van der Waals surface area contributed by atoms with Crippen LogP contribution in [0.25, 0.3) is 0 Å². The summed E-state index contributed by atoms with van der Waals surface area (Å²) < 4.78 is 12.2. The monoisotopic (exact) mass is 490 g/mol. The van der Waals surface area contributed by atoms with E-state index in [0.717, 1.165) is 9.97 Å². The fourth-order valence-corrected chi connectivity index (χ4v) is 4.56. The van der Waals surface area contributed by atoms with Crippen LogP contribution in [-0.2, 0) is 15.3 Å². The number of aromatic nitrogens is 2. The Labute approximate surface area is 202 Å². The van der Waals surface area contributed by atoms with E-state index in [2.05, 4.69) is 34.4 Å². The van der Waals surface area contributed by atoms with E-state index in [0.29, 0.717) is 28.3 Å². The van der Waals surface area contributed by atoms with Crippen LogP contribution in [-0.4, -0.2) is 33.0 Å². The van der Waals surface area contributed by atoms with Crippen molar-refractivity contribution >= 4 is 34.1 Å². The van der Waals surface area contributed by atoms with E-state index >= 15 is 0 Å². The standard InChI is InChI=1S/C23H30N4O4S2/c1-14(2)16-11-24-17(30-16)13-32-18-12-25-21(33-18)27-20(28)19(15-9-7-6-8-10-15)26-22(29)31-23(3,4)5/h6-12,14,19,22,26,29H,13H2,1-5H3,(H,25,27,28)/t19-,22?/m0/s1. The predicted molar refractivity (Wildman–Crippen MR) is 130 cm³/mol. The summed E-state index contributed by atoms with van der Waals surface area (Å²) in [5.41, 5.74) is 0.118. The third kappa shape index (κ3) is 7.94. The molecule has 0 saturated carbocycles. The first-order chi connectivity index (χ1) is 15.6. The molecule has 8 nitrogen and oxygen atoms in total. The molecule has 1 aromatic carbocycles. The summed E-state index contributed by atoms with van der Waals surface area (Å²) in [4.78, 5) is 21.7. The maximum atomic E-state index is 13.1. The topological polar surface area (TPSA) is 110 Å². The Kier molecular flexibility index (Phi) is 8.66. The lowest BCUT2D eigenvalue weighted by Gasteiger charge is -2.27. The Hall–Kier alpha value is -2.24. The third-order valence-electron chi connectivity index (χ3n) is 4.36. The fourth-order valence-electron chi connectivity index (χ4n) is 2.83. The van der Waals surface area contributed by atoms with Crippen LogP contribution in [0.5, 0.6) is 0 Å². The molecular weight excluding hydrogens is 460 g/mol. The second-order valence-corrected chi connectivity index (χ2v) is 11.0. The highest BCUT2D eigenvalue weighted by molar-refractivity contribution is 8.00. The molecule has 0 aliphatic heterocycles. The van der Waals surface area contributed by atoms with Crippen molar-refractivity contribution in [1.29, 1.82) is 0 Å². The van der Waals surface area contributed by atoms with Crippen molar-refractivity contribution < 1.29 is 19.1 Å². The van der Waals surface area contributed by atoms with E-state index in [-0.39, 0.29) is 5.91 Å². The van der Waals surface area contributed by atoms with Crippen molar-refractivity contribution in [2.75, 3.05) is 5.32 Å². The molecule has 2 heterocycles. The van der Waals surface area contributed by atoms with Crippen molar-refractivity contribution in [3.05, 3.63) is 59.9 Å². The number of nitrogens with zero attached hydrogens (tertiary/aromatic N) is 2. The molecule has 2 aromatic heterocycles. The maximum Gasteiger partial charge on any atom is 0.248 e. The molecule has 10 heteroatoms. The average Bonchev–Trinajstić information content (AvgIpc) is 3.39. The van der Waals surface area contributed by atoms with Crippen LogP contribution in [0, 0.1) is 0 Å². The molecule has 1 unspecified atom stereocenters. The molecule has 0 aliphatic carbocycles. The number of thioether (sulfide) groups is 1. The largest absolute Gasteiger partial charge is 0.445 e. The van der Waals surface area contributed by atoms with Crippen LogP contribution in [0.4, 0.5) is 5.13 Å². The van der Waals surface area contributed by atoms with Crippen molar-refractivity contribution in [2.24, 2.45) is 0 Å². The number of oxazole rings is 1. The summed E-state index contributed by atoms with van der Waals surface area (Å²) in [5.74, 6) is 2.04. The van der Waals surface area contributed by atoms with Gasteiger partial charge in [-0.25, -0.2) is 9.97 Å². The number of rotatable bonds is 10. The highest BCUT2D eigenvalue weighted by Gasteiger charge is 2.26. The third-order valence-corrected chi connectivity index (χ3v) is 6.45. The average molecular weight is 491 g/mol. The lowest BCUT2D eigenvalue weighted by Crippen LogP contribution is -2.44. The number of anilines is 1. The Balaban J connectivity index is 1.63. The van der Waals surface area contributed by atoms with Gasteiger partial charge in [-0.3, -0.25) is 10.1 Å². The molecule has 2 atom stereocenters. The van der Waals surface area contributed by atoms with Gasteiger partial charge in [0.15, 0.2) is 5.13 Å². The van der Waals surface area contributed by atoms with E-state index in [1.54, 1.807) is 24.2 Å². The van der Waals surface area contributed by atoms with Crippen molar-refractivity contribution in [3.8, 4) is 0 Å². The molecule has 0 bridgehead atoms. The highest BCUT2D eigenvalue weighted by Crippen LogP contribution is 2.31. The van der Waals surface area contributed by atoms with E-state index in [9.17, 15) is 9.90 Å². The molecule has 3 N–H and O–H groups in total. The molecule has 0 fully saturated rings. The zero-order valence-corrected chi connectivity index (χ0v) is 21.0. The van der Waals surface area contributed by atoms with Gasteiger partial charge in [0.1, 0.15) is 11.8 Å². The van der Waals surface area contributed by atoms with Crippen LogP contribution in [0.1, 0.15) is 63.8 Å². The maximum absolute atomic E-state index is 13.1. The van der Waals surface area contributed by atoms with Gasteiger partial charge < -0.3 is 19.6 Å². The molecule has 0 radical (unpaired) electrons. The Morgan fingerprint density at radius 3 is 2.58 bits per heavy atom. The number of benzene rings is 1. The zero-order valence-electron chi connectivity index (χ0n) is 19.4. The fraction of sp³-hybridized carbons (Fsp3) is 0.435. The van der Waals surface area contributed by atoms with Gasteiger partial charge in [-0.2, -0.15) is 0 Å². The van der Waals surface area contributed by atoms with E-state index in [4.69, 9.17) is 9.15 Å². The molecule has 0 saturated heterocycles. The highest BCUT2D eigenvalue weighted by atomic mass is 32.2. The summed E-state index contributed by atoms with van der Waals surface area (Å²) in [6.07, 6.45) is 2.15. The first-order valence-electron chi connectivity index (χ1n) is 10.6. The van der Waals surface area contributed by atoms with Crippen LogP contribution in [0.15, 0.2) is 51.4 Å². The number of carbonyl (C=O) groups is 1. The number of ether oxygens (including phenoxy) is 1. The molecule has 3 aromatic rings. The minimum absolute atomic E-state index is 0.292. The Morgan fingerprint density at radius 2 is 1.94 bits per heavy atom. The molecule has 0 spiro atoms. The second-order valence-electron chi connectivity index (χ2n) is 8.67. The first-order valence-corrected chi connectivity index (χ1v) is 12.4. The summed E-state index contributed by atoms with van der Waals surface area (Å²) in [6, 6.07) is 8.32. The van der Waals surface area contributed by atoms with Crippen molar-refractivity contribution in [3.63, 3.8) is 0 Å². The number of hydrogen-bond donors (Lipinski definition) is 3. The number of hydrogen-bond acceptors (Lipinski definition) is 9. The summed E-state index contributed by atoms with van der Waals surface area (Å²) in [5, 5.41) is 16.4. The van der Waals surface area contributed by atoms with E-state index in [1.165, 1.54) is 11.3 Å². The van der Waals surface area contributed by atoms with Crippen LogP contribution in [0.3, 0.4) is 0 Å². The smallest absolute Gasteiger partial charge is 0.248 e. The summed E-state index contributed by atoms with van der Waals surface area (Å²) >= 11 is 2.91. The summed E-state index contributed by atoms with van der Waals surface area (Å²) in [7, 11) is 0. The second kappa shape index (κ2) is 11.3. The number of thiazole rings is 1. The van der Waals surface area contributed by atoms with Crippen LogP contribution < -0.4 is 10.6 Å². The van der Waals surface area contributed by atoms with Gasteiger partial charge in [0.05, 0.1) is 28.0 Å². The SMILES string of the molecule is CC(C)c1cnc(CSc2cnc(NC(=O)[C@@H](NC(O)OC(C)(C)C)c3ccccc3)s2)o1.